The third-order valence-corrected chi connectivity index (χ3v) is 6.20. The fourth-order valence-electron chi connectivity index (χ4n) is 4.65. The topological polar surface area (TPSA) is 59.5 Å². The maximum Gasteiger partial charge on any atom is 0.339 e. The van der Waals surface area contributed by atoms with Crippen LogP contribution in [-0.4, -0.2) is 34.4 Å². The van der Waals surface area contributed by atoms with Crippen molar-refractivity contribution >= 4 is 22.8 Å². The number of fused-ring (bicyclic) bond motifs is 3. The highest BCUT2D eigenvalue weighted by Gasteiger charge is 2.30. The lowest BCUT2D eigenvalue weighted by Gasteiger charge is -2.30. The summed E-state index contributed by atoms with van der Waals surface area (Å²) in [5.74, 6) is -0.571. The molecule has 0 N–H and O–H groups in total. The van der Waals surface area contributed by atoms with Gasteiger partial charge in [-0.1, -0.05) is 42.5 Å². The van der Waals surface area contributed by atoms with Crippen molar-refractivity contribution in [3.8, 4) is 0 Å². The van der Waals surface area contributed by atoms with Gasteiger partial charge in [-0.15, -0.1) is 0 Å². The standard InChI is InChI=1S/C25H24N2O3/c1-16(24(28)27-14-13-17-7-2-3-8-18(17)15-27)30-25(29)23-19-9-4-5-11-21(19)26-22-12-6-10-20(22)23/h2-5,7-9,11,16H,6,10,12-15H2,1H3/t16-/m0/s1. The molecule has 1 aromatic heterocycles. The molecule has 0 bridgehead atoms. The lowest BCUT2D eigenvalue weighted by molar-refractivity contribution is -0.140. The van der Waals surface area contributed by atoms with Crippen molar-refractivity contribution in [2.45, 2.75) is 45.3 Å². The predicted octanol–water partition coefficient (Wildman–Crippen LogP) is 3.85. The molecule has 1 amide bonds. The number of aryl methyl sites for hydroxylation is 1. The highest BCUT2D eigenvalue weighted by atomic mass is 16.5. The van der Waals surface area contributed by atoms with E-state index in [0.29, 0.717) is 18.7 Å². The molecular formula is C25H24N2O3. The van der Waals surface area contributed by atoms with Crippen molar-refractivity contribution in [2.75, 3.05) is 6.54 Å². The summed E-state index contributed by atoms with van der Waals surface area (Å²) in [6, 6.07) is 15.8. The SMILES string of the molecule is C[C@H](OC(=O)c1c2c(nc3ccccc13)CCC2)C(=O)N1CCc2ccccc2C1. The fraction of sp³-hybridized carbons (Fsp3) is 0.320. The molecule has 0 saturated carbocycles. The average molecular weight is 400 g/mol. The van der Waals surface area contributed by atoms with Crippen molar-refractivity contribution in [2.24, 2.45) is 0 Å². The van der Waals surface area contributed by atoms with Gasteiger partial charge in [-0.05, 0) is 55.4 Å². The number of nitrogens with zero attached hydrogens (tertiary/aromatic N) is 2. The number of hydrogen-bond donors (Lipinski definition) is 0. The Bertz CT molecular complexity index is 1150. The Balaban J connectivity index is 1.38. The van der Waals surface area contributed by atoms with E-state index in [1.807, 2.05) is 36.4 Å². The van der Waals surface area contributed by atoms with Crippen molar-refractivity contribution < 1.29 is 14.3 Å². The first-order valence-corrected chi connectivity index (χ1v) is 10.6. The summed E-state index contributed by atoms with van der Waals surface area (Å²) in [6.45, 7) is 2.88. The summed E-state index contributed by atoms with van der Waals surface area (Å²) in [5, 5.41) is 0.801. The van der Waals surface area contributed by atoms with Crippen LogP contribution >= 0.6 is 0 Å². The number of carbonyl (C=O) groups excluding carboxylic acids is 2. The van der Waals surface area contributed by atoms with Crippen LogP contribution < -0.4 is 0 Å². The van der Waals surface area contributed by atoms with Gasteiger partial charge in [-0.3, -0.25) is 9.78 Å². The second kappa shape index (κ2) is 7.56. The lowest BCUT2D eigenvalue weighted by Crippen LogP contribution is -2.42. The van der Waals surface area contributed by atoms with Crippen molar-refractivity contribution in [1.82, 2.24) is 9.88 Å². The molecule has 2 heterocycles. The smallest absolute Gasteiger partial charge is 0.339 e. The van der Waals surface area contributed by atoms with Gasteiger partial charge in [-0.25, -0.2) is 4.79 Å². The van der Waals surface area contributed by atoms with Crippen molar-refractivity contribution in [3.05, 3.63) is 76.5 Å². The van der Waals surface area contributed by atoms with Crippen LogP contribution in [0, 0.1) is 0 Å². The maximum absolute atomic E-state index is 13.2. The normalized spacial score (nSPS) is 16.1. The van der Waals surface area contributed by atoms with Crippen molar-refractivity contribution in [1.29, 1.82) is 0 Å². The Hall–Kier alpha value is -3.21. The number of para-hydroxylation sites is 1. The van der Waals surface area contributed by atoms with Gasteiger partial charge in [-0.2, -0.15) is 0 Å². The minimum Gasteiger partial charge on any atom is -0.449 e. The number of pyridine rings is 1. The molecule has 2 aliphatic rings. The summed E-state index contributed by atoms with van der Waals surface area (Å²) in [7, 11) is 0. The van der Waals surface area contributed by atoms with E-state index in [4.69, 9.17) is 9.72 Å². The molecule has 1 aliphatic carbocycles. The fourth-order valence-corrected chi connectivity index (χ4v) is 4.65. The first kappa shape index (κ1) is 18.8. The van der Waals surface area contributed by atoms with Crippen LogP contribution in [-0.2, 0) is 35.3 Å². The van der Waals surface area contributed by atoms with E-state index in [9.17, 15) is 9.59 Å². The predicted molar refractivity (Wildman–Crippen MR) is 114 cm³/mol. The zero-order valence-corrected chi connectivity index (χ0v) is 17.1. The number of ether oxygens (including phenoxy) is 1. The molecule has 0 radical (unpaired) electrons. The van der Waals surface area contributed by atoms with Crippen LogP contribution in [0.4, 0.5) is 0 Å². The molecule has 2 aromatic carbocycles. The second-order valence-electron chi connectivity index (χ2n) is 8.11. The first-order chi connectivity index (χ1) is 14.6. The Labute approximate surface area is 175 Å². The zero-order chi connectivity index (χ0) is 20.7. The van der Waals surface area contributed by atoms with E-state index in [0.717, 1.165) is 53.4 Å². The van der Waals surface area contributed by atoms with E-state index in [-0.39, 0.29) is 5.91 Å². The highest BCUT2D eigenvalue weighted by molar-refractivity contribution is 6.06. The van der Waals surface area contributed by atoms with Crippen LogP contribution in [0.15, 0.2) is 48.5 Å². The maximum atomic E-state index is 13.2. The molecule has 0 fully saturated rings. The summed E-state index contributed by atoms with van der Waals surface area (Å²) >= 11 is 0. The van der Waals surface area contributed by atoms with Gasteiger partial charge in [0.15, 0.2) is 6.10 Å². The van der Waals surface area contributed by atoms with Gasteiger partial charge in [0, 0.05) is 24.2 Å². The Morgan fingerprint density at radius 2 is 1.77 bits per heavy atom. The van der Waals surface area contributed by atoms with E-state index in [2.05, 4.69) is 12.1 Å². The molecule has 3 aromatic rings. The molecule has 5 rings (SSSR count). The van der Waals surface area contributed by atoms with Crippen LogP contribution in [0.5, 0.6) is 0 Å². The highest BCUT2D eigenvalue weighted by Crippen LogP contribution is 2.31. The van der Waals surface area contributed by atoms with Crippen molar-refractivity contribution in [3.63, 3.8) is 0 Å². The third-order valence-electron chi connectivity index (χ3n) is 6.20. The number of aromatic nitrogens is 1. The third kappa shape index (κ3) is 3.24. The summed E-state index contributed by atoms with van der Waals surface area (Å²) in [4.78, 5) is 32.7. The van der Waals surface area contributed by atoms with E-state index in [1.54, 1.807) is 11.8 Å². The number of rotatable bonds is 3. The van der Waals surface area contributed by atoms with Crippen LogP contribution in [0.25, 0.3) is 10.9 Å². The molecular weight excluding hydrogens is 376 g/mol. The van der Waals surface area contributed by atoms with E-state index >= 15 is 0 Å². The number of benzene rings is 2. The molecule has 0 unspecified atom stereocenters. The minimum absolute atomic E-state index is 0.145. The quantitative estimate of drug-likeness (QED) is 0.627. The number of carbonyl (C=O) groups is 2. The largest absolute Gasteiger partial charge is 0.449 e. The first-order valence-electron chi connectivity index (χ1n) is 10.6. The van der Waals surface area contributed by atoms with Crippen LogP contribution in [0.3, 0.4) is 0 Å². The lowest BCUT2D eigenvalue weighted by atomic mass is 9.99. The Kier molecular flexibility index (Phi) is 4.74. The monoisotopic (exact) mass is 400 g/mol. The van der Waals surface area contributed by atoms with Gasteiger partial charge in [0.25, 0.3) is 5.91 Å². The van der Waals surface area contributed by atoms with Crippen LogP contribution in [0.1, 0.15) is 46.1 Å². The molecule has 1 aliphatic heterocycles. The van der Waals surface area contributed by atoms with Gasteiger partial charge in [0.1, 0.15) is 0 Å². The van der Waals surface area contributed by atoms with Gasteiger partial charge in [0.05, 0.1) is 11.1 Å². The van der Waals surface area contributed by atoms with Gasteiger partial charge >= 0.3 is 5.97 Å². The Morgan fingerprint density at radius 1 is 1.00 bits per heavy atom. The summed E-state index contributed by atoms with van der Waals surface area (Å²) in [6.07, 6.45) is 2.68. The summed E-state index contributed by atoms with van der Waals surface area (Å²) in [5.41, 5.74) is 5.78. The second-order valence-corrected chi connectivity index (χ2v) is 8.11. The van der Waals surface area contributed by atoms with Gasteiger partial charge in [0.2, 0.25) is 0 Å². The molecule has 0 spiro atoms. The Morgan fingerprint density at radius 3 is 2.63 bits per heavy atom. The molecule has 1 atom stereocenters. The average Bonchev–Trinajstić information content (AvgIpc) is 3.24. The van der Waals surface area contributed by atoms with E-state index in [1.165, 1.54) is 5.56 Å². The molecule has 5 nitrogen and oxygen atoms in total. The molecule has 152 valence electrons. The van der Waals surface area contributed by atoms with Crippen LogP contribution in [0.2, 0.25) is 0 Å². The molecule has 0 saturated heterocycles. The molecule has 5 heteroatoms. The summed E-state index contributed by atoms with van der Waals surface area (Å²) < 4.78 is 5.71. The molecule has 30 heavy (non-hydrogen) atoms. The van der Waals surface area contributed by atoms with Gasteiger partial charge < -0.3 is 9.64 Å². The number of hydrogen-bond acceptors (Lipinski definition) is 4. The number of amides is 1. The van der Waals surface area contributed by atoms with E-state index < -0.39 is 12.1 Å². The zero-order valence-electron chi connectivity index (χ0n) is 17.1. The number of esters is 1. The minimum atomic E-state index is -0.827.